The van der Waals surface area contributed by atoms with E-state index in [0.717, 1.165) is 18.6 Å². The standard InChI is InChI=1S/C16H28N2O/c1-6-13(2)18(4)16(3,12-17)11-14-9-7-8-10-15(14)19-5/h7-10,13H,6,11-12,17H2,1-5H3. The molecule has 0 spiro atoms. The molecule has 0 saturated carbocycles. The Morgan fingerprint density at radius 1 is 1.37 bits per heavy atom. The molecule has 2 unspecified atom stereocenters. The monoisotopic (exact) mass is 264 g/mol. The van der Waals surface area contributed by atoms with Gasteiger partial charge in [-0.25, -0.2) is 0 Å². The van der Waals surface area contributed by atoms with Gasteiger partial charge in [-0.2, -0.15) is 0 Å². The fourth-order valence-electron chi connectivity index (χ4n) is 2.41. The highest BCUT2D eigenvalue weighted by atomic mass is 16.5. The maximum Gasteiger partial charge on any atom is 0.122 e. The minimum atomic E-state index is -0.0515. The van der Waals surface area contributed by atoms with E-state index in [-0.39, 0.29) is 5.54 Å². The predicted octanol–water partition coefficient (Wildman–Crippen LogP) is 2.69. The van der Waals surface area contributed by atoms with Gasteiger partial charge in [-0.1, -0.05) is 25.1 Å². The van der Waals surface area contributed by atoms with Crippen LogP contribution in [0.1, 0.15) is 32.8 Å². The van der Waals surface area contributed by atoms with Crippen LogP contribution in [0.5, 0.6) is 5.75 Å². The zero-order valence-corrected chi connectivity index (χ0v) is 12.9. The van der Waals surface area contributed by atoms with Gasteiger partial charge in [0, 0.05) is 18.1 Å². The largest absolute Gasteiger partial charge is 0.496 e. The number of rotatable bonds is 7. The number of ether oxygens (including phenoxy) is 1. The van der Waals surface area contributed by atoms with E-state index >= 15 is 0 Å². The third-order valence-corrected chi connectivity index (χ3v) is 4.31. The zero-order chi connectivity index (χ0) is 14.5. The summed E-state index contributed by atoms with van der Waals surface area (Å²) < 4.78 is 5.44. The van der Waals surface area contributed by atoms with Crippen LogP contribution in [-0.4, -0.2) is 37.2 Å². The van der Waals surface area contributed by atoms with Gasteiger partial charge >= 0.3 is 0 Å². The number of para-hydroxylation sites is 1. The van der Waals surface area contributed by atoms with Crippen LogP contribution in [0.4, 0.5) is 0 Å². The van der Waals surface area contributed by atoms with E-state index in [9.17, 15) is 0 Å². The maximum absolute atomic E-state index is 6.06. The van der Waals surface area contributed by atoms with Crippen molar-refractivity contribution in [1.82, 2.24) is 4.90 Å². The number of hydrogen-bond acceptors (Lipinski definition) is 3. The molecule has 0 amide bonds. The molecule has 0 fully saturated rings. The van der Waals surface area contributed by atoms with E-state index in [1.54, 1.807) is 7.11 Å². The number of methoxy groups -OCH3 is 1. The van der Waals surface area contributed by atoms with E-state index in [1.165, 1.54) is 5.56 Å². The molecule has 19 heavy (non-hydrogen) atoms. The highest BCUT2D eigenvalue weighted by Crippen LogP contribution is 2.27. The fraction of sp³-hybridized carbons (Fsp3) is 0.625. The van der Waals surface area contributed by atoms with Crippen LogP contribution in [-0.2, 0) is 6.42 Å². The topological polar surface area (TPSA) is 38.5 Å². The normalized spacial score (nSPS) is 16.2. The summed E-state index contributed by atoms with van der Waals surface area (Å²) in [5.41, 5.74) is 7.22. The summed E-state index contributed by atoms with van der Waals surface area (Å²) >= 11 is 0. The van der Waals surface area contributed by atoms with E-state index in [0.29, 0.717) is 12.6 Å². The van der Waals surface area contributed by atoms with E-state index in [2.05, 4.69) is 44.9 Å². The number of benzene rings is 1. The Bertz CT molecular complexity index is 394. The molecular weight excluding hydrogens is 236 g/mol. The summed E-state index contributed by atoms with van der Waals surface area (Å²) in [6, 6.07) is 8.70. The third-order valence-electron chi connectivity index (χ3n) is 4.31. The Morgan fingerprint density at radius 3 is 2.53 bits per heavy atom. The second-order valence-electron chi connectivity index (χ2n) is 5.56. The number of nitrogens with zero attached hydrogens (tertiary/aromatic N) is 1. The van der Waals surface area contributed by atoms with Crippen molar-refractivity contribution in [2.75, 3.05) is 20.7 Å². The molecule has 0 aromatic heterocycles. The molecule has 0 aliphatic rings. The molecular formula is C16H28N2O. The van der Waals surface area contributed by atoms with E-state index in [1.807, 2.05) is 12.1 Å². The lowest BCUT2D eigenvalue weighted by molar-refractivity contribution is 0.0973. The summed E-state index contributed by atoms with van der Waals surface area (Å²) in [5.74, 6) is 0.944. The zero-order valence-electron chi connectivity index (χ0n) is 12.9. The first-order valence-electron chi connectivity index (χ1n) is 7.03. The summed E-state index contributed by atoms with van der Waals surface area (Å²) in [4.78, 5) is 2.39. The maximum atomic E-state index is 6.06. The molecule has 0 heterocycles. The van der Waals surface area contributed by atoms with Crippen molar-refractivity contribution >= 4 is 0 Å². The van der Waals surface area contributed by atoms with Crippen LogP contribution in [0.2, 0.25) is 0 Å². The summed E-state index contributed by atoms with van der Waals surface area (Å²) in [6.07, 6.45) is 2.02. The molecule has 0 radical (unpaired) electrons. The lowest BCUT2D eigenvalue weighted by Gasteiger charge is -2.42. The van der Waals surface area contributed by atoms with Crippen molar-refractivity contribution < 1.29 is 4.74 Å². The fourth-order valence-corrected chi connectivity index (χ4v) is 2.41. The first-order chi connectivity index (χ1) is 8.98. The van der Waals surface area contributed by atoms with Gasteiger partial charge in [0.05, 0.1) is 7.11 Å². The molecule has 3 nitrogen and oxygen atoms in total. The Kier molecular flexibility index (Phi) is 5.83. The van der Waals surface area contributed by atoms with Crippen LogP contribution in [0.3, 0.4) is 0 Å². The summed E-state index contributed by atoms with van der Waals surface area (Å²) in [6.45, 7) is 7.31. The number of likely N-dealkylation sites (N-methyl/N-ethyl adjacent to an activating group) is 1. The molecule has 2 N–H and O–H groups in total. The SMILES string of the molecule is CCC(C)N(C)C(C)(CN)Cc1ccccc1OC. The molecule has 0 bridgehead atoms. The molecule has 0 saturated heterocycles. The van der Waals surface area contributed by atoms with E-state index < -0.39 is 0 Å². The Hall–Kier alpha value is -1.06. The van der Waals surface area contributed by atoms with E-state index in [4.69, 9.17) is 10.5 Å². The van der Waals surface area contributed by atoms with Crippen molar-refractivity contribution in [3.63, 3.8) is 0 Å². The molecule has 3 heteroatoms. The van der Waals surface area contributed by atoms with Crippen molar-refractivity contribution in [2.24, 2.45) is 5.73 Å². The van der Waals surface area contributed by atoms with Gasteiger partial charge in [-0.3, -0.25) is 4.90 Å². The molecule has 108 valence electrons. The highest BCUT2D eigenvalue weighted by molar-refractivity contribution is 5.34. The summed E-state index contributed by atoms with van der Waals surface area (Å²) in [5, 5.41) is 0. The highest BCUT2D eigenvalue weighted by Gasteiger charge is 2.31. The van der Waals surface area contributed by atoms with Crippen molar-refractivity contribution in [3.05, 3.63) is 29.8 Å². The number of hydrogen-bond donors (Lipinski definition) is 1. The van der Waals surface area contributed by atoms with Gasteiger partial charge in [0.15, 0.2) is 0 Å². The lowest BCUT2D eigenvalue weighted by atomic mass is 9.89. The van der Waals surface area contributed by atoms with Crippen LogP contribution in [0, 0.1) is 0 Å². The smallest absolute Gasteiger partial charge is 0.122 e. The lowest BCUT2D eigenvalue weighted by Crippen LogP contribution is -2.54. The molecule has 0 aliphatic heterocycles. The Labute approximate surface area is 117 Å². The van der Waals surface area contributed by atoms with Crippen molar-refractivity contribution in [2.45, 2.75) is 45.2 Å². The first-order valence-corrected chi connectivity index (χ1v) is 7.03. The average molecular weight is 264 g/mol. The van der Waals surface area contributed by atoms with Crippen LogP contribution < -0.4 is 10.5 Å². The quantitative estimate of drug-likeness (QED) is 0.823. The van der Waals surface area contributed by atoms with Gasteiger partial charge in [0.2, 0.25) is 0 Å². The Balaban J connectivity index is 2.97. The Morgan fingerprint density at radius 2 is 2.00 bits per heavy atom. The van der Waals surface area contributed by atoms with Gasteiger partial charge in [0.1, 0.15) is 5.75 Å². The van der Waals surface area contributed by atoms with Crippen LogP contribution >= 0.6 is 0 Å². The van der Waals surface area contributed by atoms with Gasteiger partial charge in [0.25, 0.3) is 0 Å². The molecule has 1 aromatic carbocycles. The molecule has 1 aromatic rings. The van der Waals surface area contributed by atoms with Gasteiger partial charge < -0.3 is 10.5 Å². The average Bonchev–Trinajstić information content (AvgIpc) is 2.45. The van der Waals surface area contributed by atoms with Crippen LogP contribution in [0.15, 0.2) is 24.3 Å². The summed E-state index contributed by atoms with van der Waals surface area (Å²) in [7, 11) is 3.88. The van der Waals surface area contributed by atoms with Gasteiger partial charge in [-0.05, 0) is 45.4 Å². The molecule has 0 aliphatic carbocycles. The number of nitrogens with two attached hydrogens (primary N) is 1. The molecule has 1 rings (SSSR count). The first kappa shape index (κ1) is 16.0. The molecule has 2 atom stereocenters. The second-order valence-corrected chi connectivity index (χ2v) is 5.56. The second kappa shape index (κ2) is 6.92. The third kappa shape index (κ3) is 3.71. The predicted molar refractivity (Wildman–Crippen MR) is 81.7 cm³/mol. The minimum Gasteiger partial charge on any atom is -0.496 e. The van der Waals surface area contributed by atoms with Crippen LogP contribution in [0.25, 0.3) is 0 Å². The van der Waals surface area contributed by atoms with Gasteiger partial charge in [-0.15, -0.1) is 0 Å². The minimum absolute atomic E-state index is 0.0515. The van der Waals surface area contributed by atoms with Crippen molar-refractivity contribution in [3.8, 4) is 5.75 Å². The van der Waals surface area contributed by atoms with Crippen molar-refractivity contribution in [1.29, 1.82) is 0 Å².